The fourth-order valence-electron chi connectivity index (χ4n) is 0. The Kier molecular flexibility index (Phi) is 49.2. The second kappa shape index (κ2) is 23.5. The topological polar surface area (TPSA) is 99.2 Å². The molecule has 4 nitrogen and oxygen atoms in total. The minimum absolute atomic E-state index is 0. The minimum Gasteiger partial charge on any atom is -0.870 e. The summed E-state index contributed by atoms with van der Waals surface area (Å²) in [4.78, 5) is 0. The zero-order valence-corrected chi connectivity index (χ0v) is 13.5. The van der Waals surface area contributed by atoms with E-state index in [1.807, 2.05) is 0 Å². The molecule has 0 heterocycles. The Hall–Kier alpha value is 0.710. The van der Waals surface area contributed by atoms with Crippen LogP contribution in [0.5, 0.6) is 0 Å². The van der Waals surface area contributed by atoms with Gasteiger partial charge in [-0.05, 0) is 0 Å². The fraction of sp³-hybridized carbons (Fsp3) is 1.00. The average molecular weight is 373 g/mol. The van der Waals surface area contributed by atoms with Crippen LogP contribution in [0.3, 0.4) is 0 Å². The predicted octanol–water partition coefficient (Wildman–Crippen LogP) is -0.914. The van der Waals surface area contributed by atoms with Crippen molar-refractivity contribution in [1.29, 1.82) is 0 Å². The van der Waals surface area contributed by atoms with Gasteiger partial charge in [0.1, 0.15) is 0 Å². The van der Waals surface area contributed by atoms with E-state index in [9.17, 15) is 15.3 Å². The van der Waals surface area contributed by atoms with Crippen molar-refractivity contribution in [3.05, 3.63) is 0 Å². The van der Waals surface area contributed by atoms with Crippen LogP contribution in [0, 0.1) is 0 Å². The molecule has 86 valence electrons. The molecule has 0 rings (SSSR count). The molecule has 0 spiro atoms. The zero-order chi connectivity index (χ0) is 10.7. The van der Waals surface area contributed by atoms with Gasteiger partial charge in [-0.25, -0.2) is 0 Å². The molecule has 0 amide bonds. The first-order valence-corrected chi connectivity index (χ1v) is 4.17. The van der Waals surface area contributed by atoms with Crippen LogP contribution in [-0.2, 0) is 25.8 Å². The van der Waals surface area contributed by atoms with Crippen LogP contribution < -0.4 is 15.3 Å². The van der Waals surface area contributed by atoms with Crippen LogP contribution in [0.4, 0.5) is 0 Å². The molecule has 0 fully saturated rings. The first kappa shape index (κ1) is 29.3. The van der Waals surface area contributed by atoms with Crippen LogP contribution in [0.15, 0.2) is 0 Å². The zero-order valence-electron chi connectivity index (χ0n) is 9.90. The minimum atomic E-state index is -0.417. The number of rotatable bonds is 0. The summed E-state index contributed by atoms with van der Waals surface area (Å²) in [5.74, 6) is 0. The molecule has 0 aromatic heterocycles. The number of hydrogen-bond donors (Lipinski definition) is 0. The summed E-state index contributed by atoms with van der Waals surface area (Å²) in [6, 6.07) is 0. The SMILES string of the molecule is CC(C)[O-].CC(C)[O-].CC(C)[O-].[Hf+4].[OH-]. The van der Waals surface area contributed by atoms with Gasteiger partial charge in [-0.2, -0.15) is 0 Å². The van der Waals surface area contributed by atoms with Gasteiger partial charge in [0.25, 0.3) is 0 Å². The number of hydrogen-bond acceptors (Lipinski definition) is 4. The standard InChI is InChI=1S/3C3H7O.Hf.H2O/c3*1-3(2)4;;/h3*3H,1-2H3;;1H2/q3*-1;+4;/p-1. The van der Waals surface area contributed by atoms with E-state index in [0.29, 0.717) is 0 Å². The summed E-state index contributed by atoms with van der Waals surface area (Å²) in [7, 11) is 0. The van der Waals surface area contributed by atoms with Crippen molar-refractivity contribution in [2.45, 2.75) is 59.9 Å². The summed E-state index contributed by atoms with van der Waals surface area (Å²) < 4.78 is 0. The molecule has 5 heteroatoms. The molecular weight excluding hydrogens is 351 g/mol. The maximum atomic E-state index is 9.53. The van der Waals surface area contributed by atoms with Crippen molar-refractivity contribution in [2.24, 2.45) is 0 Å². The van der Waals surface area contributed by atoms with Gasteiger partial charge < -0.3 is 20.8 Å². The van der Waals surface area contributed by atoms with Gasteiger partial charge in [0.15, 0.2) is 0 Å². The Bertz CT molecular complexity index is 45.3. The van der Waals surface area contributed by atoms with Crippen LogP contribution in [-0.4, -0.2) is 23.8 Å². The molecule has 1 N–H and O–H groups in total. The summed E-state index contributed by atoms with van der Waals surface area (Å²) in [5.41, 5.74) is 0. The van der Waals surface area contributed by atoms with Crippen molar-refractivity contribution in [3.63, 3.8) is 0 Å². The molecule has 0 saturated carbocycles. The van der Waals surface area contributed by atoms with Crippen molar-refractivity contribution in [2.75, 3.05) is 0 Å². The molecule has 0 aromatic rings. The Balaban J connectivity index is -0.0000000270. The van der Waals surface area contributed by atoms with E-state index in [2.05, 4.69) is 0 Å². The summed E-state index contributed by atoms with van der Waals surface area (Å²) >= 11 is 0. The van der Waals surface area contributed by atoms with Crippen LogP contribution in [0.2, 0.25) is 0 Å². The monoisotopic (exact) mass is 374 g/mol. The molecule has 0 radical (unpaired) electrons. The normalized spacial score (nSPS) is 7.71. The smallest absolute Gasteiger partial charge is 0.870 e. The third kappa shape index (κ3) is 3460. The fourth-order valence-corrected chi connectivity index (χ4v) is 0. The van der Waals surface area contributed by atoms with E-state index in [4.69, 9.17) is 0 Å². The van der Waals surface area contributed by atoms with Gasteiger partial charge >= 0.3 is 25.8 Å². The third-order valence-corrected chi connectivity index (χ3v) is 0. The van der Waals surface area contributed by atoms with Crippen molar-refractivity contribution in [1.82, 2.24) is 0 Å². The third-order valence-electron chi connectivity index (χ3n) is 0. The Morgan fingerprint density at radius 1 is 0.571 bits per heavy atom. The maximum absolute atomic E-state index is 9.53. The summed E-state index contributed by atoms with van der Waals surface area (Å²) in [6.45, 7) is 9.67. The molecule has 0 aliphatic heterocycles. The molecular formula is C9H22HfO4. The van der Waals surface area contributed by atoms with Crippen LogP contribution >= 0.6 is 0 Å². The first-order chi connectivity index (χ1) is 5.20. The van der Waals surface area contributed by atoms with Gasteiger partial charge in [0, 0.05) is 0 Å². The predicted molar refractivity (Wildman–Crippen MR) is 47.3 cm³/mol. The van der Waals surface area contributed by atoms with Crippen LogP contribution in [0.1, 0.15) is 41.5 Å². The first-order valence-electron chi connectivity index (χ1n) is 4.17. The van der Waals surface area contributed by atoms with Gasteiger partial charge in [-0.1, -0.05) is 41.5 Å². The van der Waals surface area contributed by atoms with Gasteiger partial charge in [0.2, 0.25) is 0 Å². The van der Waals surface area contributed by atoms with Gasteiger partial charge in [-0.3, -0.25) is 0 Å². The average Bonchev–Trinajstić information content (AvgIpc) is 1.54. The van der Waals surface area contributed by atoms with Gasteiger partial charge in [-0.15, -0.1) is 18.3 Å². The largest absolute Gasteiger partial charge is 4.00 e. The Morgan fingerprint density at radius 3 is 0.571 bits per heavy atom. The van der Waals surface area contributed by atoms with E-state index < -0.39 is 18.3 Å². The van der Waals surface area contributed by atoms with Crippen LogP contribution in [0.25, 0.3) is 0 Å². The van der Waals surface area contributed by atoms with E-state index in [1.54, 1.807) is 41.5 Å². The molecule has 0 saturated heterocycles. The second-order valence-corrected chi connectivity index (χ2v) is 3.15. The molecule has 0 aliphatic carbocycles. The molecule has 0 bridgehead atoms. The quantitative estimate of drug-likeness (QED) is 0.514. The van der Waals surface area contributed by atoms with E-state index >= 15 is 0 Å². The van der Waals surface area contributed by atoms with Crippen molar-refractivity contribution >= 4 is 0 Å². The Labute approximate surface area is 106 Å². The molecule has 0 atom stereocenters. The Morgan fingerprint density at radius 2 is 0.571 bits per heavy atom. The summed E-state index contributed by atoms with van der Waals surface area (Å²) in [6.07, 6.45) is -1.25. The molecule has 0 aliphatic rings. The van der Waals surface area contributed by atoms with Crippen molar-refractivity contribution in [3.8, 4) is 0 Å². The van der Waals surface area contributed by atoms with Gasteiger partial charge in [0.05, 0.1) is 0 Å². The second-order valence-electron chi connectivity index (χ2n) is 3.15. The molecule has 0 aromatic carbocycles. The van der Waals surface area contributed by atoms with E-state index in [0.717, 1.165) is 0 Å². The molecule has 0 unspecified atom stereocenters. The van der Waals surface area contributed by atoms with E-state index in [-0.39, 0.29) is 31.3 Å². The molecule has 14 heavy (non-hydrogen) atoms. The van der Waals surface area contributed by atoms with E-state index in [1.165, 1.54) is 0 Å². The van der Waals surface area contributed by atoms with Crippen molar-refractivity contribution < 1.29 is 46.6 Å². The summed E-state index contributed by atoms with van der Waals surface area (Å²) in [5, 5.41) is 28.6. The maximum Gasteiger partial charge on any atom is 4.00 e.